The van der Waals surface area contributed by atoms with Gasteiger partial charge in [0.1, 0.15) is 6.17 Å². The van der Waals surface area contributed by atoms with E-state index in [2.05, 4.69) is 29.9 Å². The lowest BCUT2D eigenvalue weighted by molar-refractivity contribution is 0.0470. The zero-order valence-electron chi connectivity index (χ0n) is 15.3. The Hall–Kier alpha value is -0.450. The summed E-state index contributed by atoms with van der Waals surface area (Å²) in [6, 6.07) is 0.679. The second-order valence-corrected chi connectivity index (χ2v) is 7.96. The molecular formula is C19H35N3O. The highest BCUT2D eigenvalue weighted by molar-refractivity contribution is 5.62. The molecule has 23 heavy (non-hydrogen) atoms. The fourth-order valence-electron chi connectivity index (χ4n) is 4.64. The molecule has 2 aliphatic heterocycles. The second-order valence-electron chi connectivity index (χ2n) is 7.96. The van der Waals surface area contributed by atoms with Crippen LogP contribution >= 0.6 is 0 Å². The first kappa shape index (κ1) is 17.4. The van der Waals surface area contributed by atoms with Crippen molar-refractivity contribution < 1.29 is 4.74 Å². The van der Waals surface area contributed by atoms with Crippen molar-refractivity contribution in [3.8, 4) is 0 Å². The normalized spacial score (nSPS) is 37.4. The number of ether oxygens (including phenoxy) is 1. The summed E-state index contributed by atoms with van der Waals surface area (Å²) < 4.78 is 5.50. The quantitative estimate of drug-likeness (QED) is 0.797. The highest BCUT2D eigenvalue weighted by Gasteiger charge is 2.31. The van der Waals surface area contributed by atoms with Crippen LogP contribution in [0, 0.1) is 11.8 Å². The molecule has 0 radical (unpaired) electrons. The first-order valence-corrected chi connectivity index (χ1v) is 9.71. The van der Waals surface area contributed by atoms with Crippen LogP contribution in [0.15, 0.2) is 4.99 Å². The van der Waals surface area contributed by atoms with Crippen LogP contribution < -0.4 is 0 Å². The van der Waals surface area contributed by atoms with E-state index < -0.39 is 0 Å². The van der Waals surface area contributed by atoms with Crippen LogP contribution in [0.1, 0.15) is 52.4 Å². The third-order valence-corrected chi connectivity index (χ3v) is 6.37. The van der Waals surface area contributed by atoms with Crippen LogP contribution in [-0.4, -0.2) is 67.6 Å². The van der Waals surface area contributed by atoms with Crippen LogP contribution in [0.2, 0.25) is 0 Å². The minimum Gasteiger partial charge on any atom is -0.381 e. The Bertz CT molecular complexity index is 382. The summed E-state index contributed by atoms with van der Waals surface area (Å²) in [5.74, 6) is 1.57. The summed E-state index contributed by atoms with van der Waals surface area (Å²) in [5, 5.41) is 0. The standard InChI is InChI=1S/C19H35N3O/c1-15(2)21-10-12-22(13-11-21)19-9-6-17(14-20-19)16-4-7-18(23-3)8-5-16/h14-19H,4-13H2,1-3H3. The van der Waals surface area contributed by atoms with Crippen LogP contribution in [0.25, 0.3) is 0 Å². The number of nitrogens with zero attached hydrogens (tertiary/aromatic N) is 3. The summed E-state index contributed by atoms with van der Waals surface area (Å²) in [6.07, 6.45) is 11.0. The molecule has 0 bridgehead atoms. The van der Waals surface area contributed by atoms with E-state index in [1.165, 1.54) is 64.7 Å². The number of piperazine rings is 1. The van der Waals surface area contributed by atoms with Gasteiger partial charge in [-0.05, 0) is 64.2 Å². The summed E-state index contributed by atoms with van der Waals surface area (Å²) in [4.78, 5) is 10.2. The zero-order chi connectivity index (χ0) is 16.2. The van der Waals surface area contributed by atoms with Crippen molar-refractivity contribution in [1.29, 1.82) is 0 Å². The molecule has 2 heterocycles. The number of rotatable bonds is 4. The van der Waals surface area contributed by atoms with Crippen LogP contribution in [0.4, 0.5) is 0 Å². The summed E-state index contributed by atoms with van der Waals surface area (Å²) in [7, 11) is 1.86. The molecule has 4 heteroatoms. The summed E-state index contributed by atoms with van der Waals surface area (Å²) in [5.41, 5.74) is 0. The molecule has 0 spiro atoms. The fourth-order valence-corrected chi connectivity index (χ4v) is 4.64. The van der Waals surface area contributed by atoms with Crippen molar-refractivity contribution in [3.63, 3.8) is 0 Å². The number of aliphatic imine (C=N–C) groups is 1. The molecule has 0 aromatic carbocycles. The largest absolute Gasteiger partial charge is 0.381 e. The van der Waals surface area contributed by atoms with E-state index in [1.54, 1.807) is 0 Å². The molecule has 1 saturated heterocycles. The van der Waals surface area contributed by atoms with Crippen molar-refractivity contribution in [2.24, 2.45) is 16.8 Å². The van der Waals surface area contributed by atoms with E-state index in [0.29, 0.717) is 18.3 Å². The maximum absolute atomic E-state index is 5.50. The Labute approximate surface area is 142 Å². The predicted molar refractivity (Wildman–Crippen MR) is 96.0 cm³/mol. The SMILES string of the molecule is COC1CCC(C2C=NC(N3CCN(C(C)C)CC3)CC2)CC1. The van der Waals surface area contributed by atoms with Crippen molar-refractivity contribution in [2.75, 3.05) is 33.3 Å². The van der Waals surface area contributed by atoms with Gasteiger partial charge < -0.3 is 4.74 Å². The third-order valence-electron chi connectivity index (χ3n) is 6.37. The molecular weight excluding hydrogens is 286 g/mol. The predicted octanol–water partition coefficient (Wildman–Crippen LogP) is 3.02. The molecule has 3 rings (SSSR count). The topological polar surface area (TPSA) is 28.1 Å². The average Bonchev–Trinajstić information content (AvgIpc) is 2.62. The van der Waals surface area contributed by atoms with Gasteiger partial charge in [0.2, 0.25) is 0 Å². The highest BCUT2D eigenvalue weighted by Crippen LogP contribution is 2.35. The maximum atomic E-state index is 5.50. The molecule has 0 amide bonds. The number of methoxy groups -OCH3 is 1. The first-order valence-electron chi connectivity index (χ1n) is 9.71. The van der Waals surface area contributed by atoms with E-state index in [9.17, 15) is 0 Å². The summed E-state index contributed by atoms with van der Waals surface area (Å²) >= 11 is 0. The lowest BCUT2D eigenvalue weighted by Gasteiger charge is -2.41. The van der Waals surface area contributed by atoms with Gasteiger partial charge in [-0.25, -0.2) is 0 Å². The van der Waals surface area contributed by atoms with E-state index in [0.717, 1.165) is 11.8 Å². The Morgan fingerprint density at radius 3 is 2.17 bits per heavy atom. The molecule has 2 unspecified atom stereocenters. The Morgan fingerprint density at radius 1 is 0.957 bits per heavy atom. The van der Waals surface area contributed by atoms with E-state index >= 15 is 0 Å². The van der Waals surface area contributed by atoms with Crippen LogP contribution in [0.5, 0.6) is 0 Å². The van der Waals surface area contributed by atoms with Crippen molar-refractivity contribution in [3.05, 3.63) is 0 Å². The van der Waals surface area contributed by atoms with Gasteiger partial charge in [0.05, 0.1) is 6.10 Å². The molecule has 0 N–H and O–H groups in total. The molecule has 132 valence electrons. The maximum Gasteiger partial charge on any atom is 0.102 e. The zero-order valence-corrected chi connectivity index (χ0v) is 15.3. The number of hydrogen-bond donors (Lipinski definition) is 0. The van der Waals surface area contributed by atoms with Crippen molar-refractivity contribution in [2.45, 2.75) is 70.7 Å². The monoisotopic (exact) mass is 321 g/mol. The van der Waals surface area contributed by atoms with Crippen molar-refractivity contribution >= 4 is 6.21 Å². The fraction of sp³-hybridized carbons (Fsp3) is 0.947. The molecule has 2 atom stereocenters. The molecule has 0 aromatic rings. The van der Waals surface area contributed by atoms with E-state index in [4.69, 9.17) is 9.73 Å². The van der Waals surface area contributed by atoms with Gasteiger partial charge >= 0.3 is 0 Å². The van der Waals surface area contributed by atoms with Gasteiger partial charge in [-0.3, -0.25) is 14.8 Å². The van der Waals surface area contributed by atoms with Gasteiger partial charge in [-0.2, -0.15) is 0 Å². The molecule has 2 fully saturated rings. The Kier molecular flexibility index (Phi) is 6.11. The smallest absolute Gasteiger partial charge is 0.102 e. The minimum atomic E-state index is 0.455. The Morgan fingerprint density at radius 2 is 1.65 bits per heavy atom. The first-order chi connectivity index (χ1) is 11.2. The molecule has 4 nitrogen and oxygen atoms in total. The van der Waals surface area contributed by atoms with Gasteiger partial charge in [0, 0.05) is 45.5 Å². The van der Waals surface area contributed by atoms with Gasteiger partial charge in [-0.1, -0.05) is 0 Å². The van der Waals surface area contributed by atoms with Crippen LogP contribution in [0.3, 0.4) is 0 Å². The lowest BCUT2D eigenvalue weighted by Crippen LogP contribution is -2.52. The van der Waals surface area contributed by atoms with Gasteiger partial charge in [0.15, 0.2) is 0 Å². The van der Waals surface area contributed by atoms with Crippen LogP contribution in [-0.2, 0) is 4.74 Å². The highest BCUT2D eigenvalue weighted by atomic mass is 16.5. The van der Waals surface area contributed by atoms with E-state index in [1.807, 2.05) is 7.11 Å². The minimum absolute atomic E-state index is 0.455. The molecule has 3 aliphatic rings. The van der Waals surface area contributed by atoms with Gasteiger partial charge in [0.25, 0.3) is 0 Å². The molecule has 1 saturated carbocycles. The van der Waals surface area contributed by atoms with E-state index in [-0.39, 0.29) is 0 Å². The second kappa shape index (κ2) is 8.09. The van der Waals surface area contributed by atoms with Gasteiger partial charge in [-0.15, -0.1) is 0 Å². The lowest BCUT2D eigenvalue weighted by atomic mass is 9.76. The number of hydrogen-bond acceptors (Lipinski definition) is 4. The molecule has 1 aliphatic carbocycles. The summed E-state index contributed by atoms with van der Waals surface area (Å²) in [6.45, 7) is 9.38. The van der Waals surface area contributed by atoms with Crippen molar-refractivity contribution in [1.82, 2.24) is 9.80 Å². The average molecular weight is 322 g/mol. The Balaban J connectivity index is 1.45. The third kappa shape index (κ3) is 4.34. The molecule has 0 aromatic heterocycles.